The van der Waals surface area contributed by atoms with Gasteiger partial charge >= 0.3 is 5.97 Å². The number of benzene rings is 1. The lowest BCUT2D eigenvalue weighted by molar-refractivity contribution is -0.129. The van der Waals surface area contributed by atoms with Crippen LogP contribution in [0, 0.1) is 38.5 Å². The average molecular weight is 529 g/mol. The first-order chi connectivity index (χ1) is 17.9. The summed E-state index contributed by atoms with van der Waals surface area (Å²) >= 11 is 0. The molecule has 3 atom stereocenters. The summed E-state index contributed by atoms with van der Waals surface area (Å²) in [6.45, 7) is 19.4. The molecule has 0 bridgehead atoms. The predicted octanol–water partition coefficient (Wildman–Crippen LogP) is 8.98. The number of carbonyl (C=O) groups is 1. The lowest BCUT2D eigenvalue weighted by Gasteiger charge is -2.38. The van der Waals surface area contributed by atoms with Crippen LogP contribution >= 0.6 is 0 Å². The molecule has 0 fully saturated rings. The molecule has 4 nitrogen and oxygen atoms in total. The zero-order valence-electron chi connectivity index (χ0n) is 26.0. The van der Waals surface area contributed by atoms with Crippen molar-refractivity contribution in [2.45, 2.75) is 139 Å². The maximum Gasteiger partial charge on any atom is 0.336 e. The molecule has 0 spiro atoms. The number of rotatable bonds is 15. The molecule has 38 heavy (non-hydrogen) atoms. The second-order valence-electron chi connectivity index (χ2n) is 13.0. The number of hydrogen-bond acceptors (Lipinski definition) is 4. The Hall–Kier alpha value is -1.81. The second kappa shape index (κ2) is 15.1. The number of fused-ring (bicyclic) bond motifs is 1. The smallest absolute Gasteiger partial charge is 0.336 e. The minimum atomic E-state index is -0.446. The van der Waals surface area contributed by atoms with Gasteiger partial charge in [0.1, 0.15) is 17.1 Å². The van der Waals surface area contributed by atoms with Gasteiger partial charge in [0.2, 0.25) is 0 Å². The van der Waals surface area contributed by atoms with Gasteiger partial charge in [0.05, 0.1) is 6.61 Å². The molecule has 0 aromatic heterocycles. The van der Waals surface area contributed by atoms with E-state index in [1.807, 2.05) is 13.8 Å². The molecule has 1 heterocycles. The Morgan fingerprint density at radius 2 is 1.53 bits per heavy atom. The topological polar surface area (TPSA) is 55.8 Å². The fourth-order valence-corrected chi connectivity index (χ4v) is 5.79. The van der Waals surface area contributed by atoms with Crippen LogP contribution in [0.2, 0.25) is 0 Å². The van der Waals surface area contributed by atoms with Gasteiger partial charge in [0, 0.05) is 11.6 Å². The normalized spacial score (nSPS) is 19.2. The van der Waals surface area contributed by atoms with Crippen molar-refractivity contribution in [1.29, 1.82) is 0 Å². The molecule has 0 radical (unpaired) electrons. The van der Waals surface area contributed by atoms with Crippen LogP contribution in [0.4, 0.5) is 0 Å². The number of aliphatic hydroxyl groups is 1. The summed E-state index contributed by atoms with van der Waals surface area (Å²) in [5, 5.41) is 9.21. The van der Waals surface area contributed by atoms with E-state index in [9.17, 15) is 9.90 Å². The first-order valence-corrected chi connectivity index (χ1v) is 15.2. The van der Waals surface area contributed by atoms with Gasteiger partial charge in [-0.05, 0) is 100 Å². The predicted molar refractivity (Wildman–Crippen MR) is 159 cm³/mol. The van der Waals surface area contributed by atoms with Gasteiger partial charge in [-0.2, -0.15) is 0 Å². The first-order valence-electron chi connectivity index (χ1n) is 15.2. The van der Waals surface area contributed by atoms with Gasteiger partial charge in [0.15, 0.2) is 0 Å². The van der Waals surface area contributed by atoms with Gasteiger partial charge in [-0.25, -0.2) is 4.79 Å². The van der Waals surface area contributed by atoms with Gasteiger partial charge in [-0.15, -0.1) is 0 Å². The molecule has 0 saturated heterocycles. The third-order valence-corrected chi connectivity index (χ3v) is 8.65. The van der Waals surface area contributed by atoms with E-state index in [0.29, 0.717) is 11.3 Å². The van der Waals surface area contributed by atoms with Crippen LogP contribution in [0.25, 0.3) is 0 Å². The maximum atomic E-state index is 12.4. The van der Waals surface area contributed by atoms with Crippen molar-refractivity contribution in [3.05, 3.63) is 33.9 Å². The molecule has 216 valence electrons. The summed E-state index contributed by atoms with van der Waals surface area (Å²) in [7, 11) is 0. The minimum Gasteiger partial charge on any atom is -0.487 e. The maximum absolute atomic E-state index is 12.4. The molecule has 0 aliphatic carbocycles. The van der Waals surface area contributed by atoms with Crippen molar-refractivity contribution < 1.29 is 19.4 Å². The molecule has 0 saturated carbocycles. The monoisotopic (exact) mass is 528 g/mol. The third kappa shape index (κ3) is 9.74. The van der Waals surface area contributed by atoms with Gasteiger partial charge in [-0.1, -0.05) is 72.6 Å². The highest BCUT2D eigenvalue weighted by Gasteiger charge is 2.34. The summed E-state index contributed by atoms with van der Waals surface area (Å²) in [5.74, 6) is 3.62. The SMILES string of the molecule is C/C(=C\C(=O)Oc1c(C)c(C)c2c(c1C)CCC(C)(CCCC(C)CCCC(C)CCCC(C)C)O2)CO. The average Bonchev–Trinajstić information content (AvgIpc) is 2.84. The van der Waals surface area contributed by atoms with Crippen LogP contribution in [-0.4, -0.2) is 23.3 Å². The van der Waals surface area contributed by atoms with Crippen LogP contribution in [-0.2, 0) is 11.2 Å². The van der Waals surface area contributed by atoms with Gasteiger partial charge in [0.25, 0.3) is 0 Å². The second-order valence-corrected chi connectivity index (χ2v) is 13.0. The molecule has 0 amide bonds. The summed E-state index contributed by atoms with van der Waals surface area (Å²) < 4.78 is 12.4. The fourth-order valence-electron chi connectivity index (χ4n) is 5.79. The number of esters is 1. The van der Waals surface area contributed by atoms with Crippen LogP contribution in [0.1, 0.15) is 128 Å². The lowest BCUT2D eigenvalue weighted by atomic mass is 9.83. The molecular weight excluding hydrogens is 472 g/mol. The van der Waals surface area contributed by atoms with E-state index in [-0.39, 0.29) is 12.2 Å². The van der Waals surface area contributed by atoms with Crippen molar-refractivity contribution in [3.8, 4) is 11.5 Å². The summed E-state index contributed by atoms with van der Waals surface area (Å²) in [4.78, 5) is 12.4. The molecule has 3 unspecified atom stereocenters. The standard InChI is InChI=1S/C34H56O4/c1-23(2)13-10-14-24(3)15-11-16-25(4)17-12-19-34(9)20-18-30-29(8)32(27(6)28(7)33(30)38-34)37-31(36)21-26(5)22-35/h21,23-25,35H,10-20,22H2,1-9H3/b26-21+. The summed E-state index contributed by atoms with van der Waals surface area (Å²) in [6, 6.07) is 0. The van der Waals surface area contributed by atoms with E-state index in [4.69, 9.17) is 9.47 Å². The molecule has 4 heteroatoms. The Kier molecular flexibility index (Phi) is 12.9. The zero-order valence-corrected chi connectivity index (χ0v) is 26.0. The highest BCUT2D eigenvalue weighted by atomic mass is 16.5. The number of ether oxygens (including phenoxy) is 2. The Balaban J connectivity index is 1.89. The molecule has 1 aromatic carbocycles. The zero-order chi connectivity index (χ0) is 28.5. The van der Waals surface area contributed by atoms with E-state index in [0.717, 1.165) is 65.0 Å². The van der Waals surface area contributed by atoms with Gasteiger partial charge in [-0.3, -0.25) is 0 Å². The van der Waals surface area contributed by atoms with Crippen LogP contribution in [0.3, 0.4) is 0 Å². The Labute approximate surface area is 233 Å². The molecule has 1 aromatic rings. The minimum absolute atomic E-state index is 0.152. The van der Waals surface area contributed by atoms with Crippen molar-refractivity contribution in [3.63, 3.8) is 0 Å². The molecular formula is C34H56O4. The largest absolute Gasteiger partial charge is 0.487 e. The quantitative estimate of drug-likeness (QED) is 0.140. The van der Waals surface area contributed by atoms with E-state index in [2.05, 4.69) is 41.5 Å². The molecule has 2 rings (SSSR count). The number of carbonyl (C=O) groups excluding carboxylic acids is 1. The highest BCUT2D eigenvalue weighted by molar-refractivity contribution is 5.85. The van der Waals surface area contributed by atoms with Crippen LogP contribution in [0.5, 0.6) is 11.5 Å². The van der Waals surface area contributed by atoms with Crippen LogP contribution in [0.15, 0.2) is 11.6 Å². The van der Waals surface area contributed by atoms with Crippen molar-refractivity contribution in [1.82, 2.24) is 0 Å². The van der Waals surface area contributed by atoms with Crippen molar-refractivity contribution in [2.24, 2.45) is 17.8 Å². The van der Waals surface area contributed by atoms with Gasteiger partial charge < -0.3 is 14.6 Å². The highest BCUT2D eigenvalue weighted by Crippen LogP contribution is 2.45. The fraction of sp³-hybridized carbons (Fsp3) is 0.735. The Morgan fingerprint density at radius 1 is 0.947 bits per heavy atom. The molecule has 1 N–H and O–H groups in total. The Bertz CT molecular complexity index is 945. The summed E-state index contributed by atoms with van der Waals surface area (Å²) in [5.41, 5.74) is 4.58. The van der Waals surface area contributed by atoms with Crippen LogP contribution < -0.4 is 9.47 Å². The molecule has 1 aliphatic rings. The lowest BCUT2D eigenvalue weighted by Crippen LogP contribution is -2.37. The van der Waals surface area contributed by atoms with Crippen molar-refractivity contribution >= 4 is 5.97 Å². The van der Waals surface area contributed by atoms with E-state index in [1.165, 1.54) is 57.4 Å². The number of hydrogen-bond donors (Lipinski definition) is 1. The summed E-state index contributed by atoms with van der Waals surface area (Å²) in [6.07, 6.45) is 15.0. The van der Waals surface area contributed by atoms with Crippen molar-refractivity contribution in [2.75, 3.05) is 6.61 Å². The number of aliphatic hydroxyl groups excluding tert-OH is 1. The Morgan fingerprint density at radius 3 is 2.11 bits per heavy atom. The third-order valence-electron chi connectivity index (χ3n) is 8.65. The molecule has 1 aliphatic heterocycles. The van der Waals surface area contributed by atoms with E-state index >= 15 is 0 Å². The van der Waals surface area contributed by atoms with E-state index < -0.39 is 5.97 Å². The first kappa shape index (κ1) is 32.4. The van der Waals surface area contributed by atoms with E-state index in [1.54, 1.807) is 6.92 Å².